The molecule has 3 heterocycles. The summed E-state index contributed by atoms with van der Waals surface area (Å²) < 4.78 is 1.03. The number of nitrogens with zero attached hydrogens (tertiary/aromatic N) is 3. The molecule has 0 aliphatic carbocycles. The quantitative estimate of drug-likeness (QED) is 0.907. The molecule has 3 unspecified atom stereocenters. The first-order valence-corrected chi connectivity index (χ1v) is 8.78. The van der Waals surface area contributed by atoms with Crippen LogP contribution in [-0.4, -0.2) is 53.0 Å². The van der Waals surface area contributed by atoms with Crippen LogP contribution in [0.2, 0.25) is 0 Å². The Morgan fingerprint density at radius 2 is 2.24 bits per heavy atom. The molecule has 21 heavy (non-hydrogen) atoms. The molecular weight excluding hydrogens is 328 g/mol. The third kappa shape index (κ3) is 3.31. The van der Waals surface area contributed by atoms with E-state index in [9.17, 15) is 0 Å². The van der Waals surface area contributed by atoms with Gasteiger partial charge in [0.1, 0.15) is 0 Å². The van der Waals surface area contributed by atoms with Crippen LogP contribution in [0.1, 0.15) is 37.8 Å². The van der Waals surface area contributed by atoms with Crippen LogP contribution in [0.4, 0.5) is 0 Å². The van der Waals surface area contributed by atoms with E-state index in [1.54, 1.807) is 0 Å². The molecule has 0 radical (unpaired) electrons. The maximum Gasteiger partial charge on any atom is 0.0490 e. The summed E-state index contributed by atoms with van der Waals surface area (Å²) in [7, 11) is 0. The van der Waals surface area contributed by atoms with Crippen molar-refractivity contribution in [2.45, 2.75) is 44.3 Å². The van der Waals surface area contributed by atoms with E-state index in [2.05, 4.69) is 43.7 Å². The van der Waals surface area contributed by atoms with Crippen LogP contribution in [0.3, 0.4) is 0 Å². The van der Waals surface area contributed by atoms with E-state index in [1.165, 1.54) is 37.9 Å². The Kier molecular flexibility index (Phi) is 4.94. The fraction of sp³-hybridized carbons (Fsp3) is 0.688. The zero-order chi connectivity index (χ0) is 14.8. The van der Waals surface area contributed by atoms with Crippen LogP contribution in [0.25, 0.3) is 0 Å². The third-order valence-corrected chi connectivity index (χ3v) is 5.40. The van der Waals surface area contributed by atoms with Crippen molar-refractivity contribution in [3.8, 4) is 0 Å². The van der Waals surface area contributed by atoms with Crippen molar-refractivity contribution in [3.63, 3.8) is 0 Å². The van der Waals surface area contributed by atoms with Gasteiger partial charge < -0.3 is 5.73 Å². The molecule has 1 aromatic heterocycles. The predicted octanol–water partition coefficient (Wildman–Crippen LogP) is 2.40. The number of aromatic nitrogens is 1. The van der Waals surface area contributed by atoms with Crippen LogP contribution < -0.4 is 5.73 Å². The summed E-state index contributed by atoms with van der Waals surface area (Å²) in [6.45, 7) is 6.56. The lowest BCUT2D eigenvalue weighted by molar-refractivity contribution is -0.00674. The van der Waals surface area contributed by atoms with E-state index in [4.69, 9.17) is 5.73 Å². The third-order valence-electron chi connectivity index (χ3n) is 4.97. The largest absolute Gasteiger partial charge is 0.329 e. The standard InChI is InChI=1S/C16H25BrN4/c1-12-10-20-5-3-2-4-15(20)11-21(12)16(7-18)13-6-14(17)9-19-8-13/h6,8-9,12,15-16H,2-5,7,10-11,18H2,1H3. The normalized spacial score (nSPS) is 29.1. The van der Waals surface area contributed by atoms with Crippen LogP contribution in [-0.2, 0) is 0 Å². The van der Waals surface area contributed by atoms with Crippen molar-refractivity contribution in [2.75, 3.05) is 26.2 Å². The number of hydrogen-bond donors (Lipinski definition) is 1. The number of halogens is 1. The fourth-order valence-corrected chi connectivity index (χ4v) is 4.27. The van der Waals surface area contributed by atoms with Gasteiger partial charge in [0, 0.05) is 54.6 Å². The minimum absolute atomic E-state index is 0.272. The van der Waals surface area contributed by atoms with Gasteiger partial charge in [-0.3, -0.25) is 14.8 Å². The molecule has 2 N–H and O–H groups in total. The van der Waals surface area contributed by atoms with Gasteiger partial charge in [0.25, 0.3) is 0 Å². The average molecular weight is 353 g/mol. The van der Waals surface area contributed by atoms with Gasteiger partial charge in [-0.25, -0.2) is 0 Å². The zero-order valence-corrected chi connectivity index (χ0v) is 14.3. The number of hydrogen-bond acceptors (Lipinski definition) is 4. The van der Waals surface area contributed by atoms with Crippen LogP contribution in [0, 0.1) is 0 Å². The molecular formula is C16H25BrN4. The molecule has 0 aromatic carbocycles. The summed E-state index contributed by atoms with van der Waals surface area (Å²) in [6, 6.07) is 3.69. The second-order valence-electron chi connectivity index (χ2n) is 6.38. The van der Waals surface area contributed by atoms with E-state index in [0.717, 1.165) is 11.0 Å². The van der Waals surface area contributed by atoms with E-state index in [1.807, 2.05) is 12.4 Å². The van der Waals surface area contributed by atoms with Crippen LogP contribution in [0.15, 0.2) is 22.9 Å². The highest BCUT2D eigenvalue weighted by molar-refractivity contribution is 9.10. The Hall–Kier alpha value is -0.490. The van der Waals surface area contributed by atoms with Gasteiger partial charge in [0.2, 0.25) is 0 Å². The van der Waals surface area contributed by atoms with Crippen molar-refractivity contribution in [2.24, 2.45) is 5.73 Å². The first-order chi connectivity index (χ1) is 10.2. The summed E-state index contributed by atoms with van der Waals surface area (Å²) in [6.07, 6.45) is 7.85. The Bertz CT molecular complexity index is 481. The summed E-state index contributed by atoms with van der Waals surface area (Å²) in [5.74, 6) is 0. The molecule has 5 heteroatoms. The number of piperazine rings is 1. The molecule has 2 aliphatic heterocycles. The molecule has 2 fully saturated rings. The van der Waals surface area contributed by atoms with Crippen LogP contribution in [0.5, 0.6) is 0 Å². The first-order valence-electron chi connectivity index (χ1n) is 7.99. The summed E-state index contributed by atoms with van der Waals surface area (Å²) >= 11 is 3.52. The van der Waals surface area contributed by atoms with Gasteiger partial charge in [-0.15, -0.1) is 0 Å². The lowest BCUT2D eigenvalue weighted by Gasteiger charge is -2.50. The van der Waals surface area contributed by atoms with E-state index in [0.29, 0.717) is 18.6 Å². The van der Waals surface area contributed by atoms with Crippen LogP contribution >= 0.6 is 15.9 Å². The van der Waals surface area contributed by atoms with Gasteiger partial charge in [-0.1, -0.05) is 6.42 Å². The van der Waals surface area contributed by atoms with E-state index >= 15 is 0 Å². The number of piperidine rings is 1. The predicted molar refractivity (Wildman–Crippen MR) is 89.1 cm³/mol. The highest BCUT2D eigenvalue weighted by atomic mass is 79.9. The maximum atomic E-state index is 6.12. The fourth-order valence-electron chi connectivity index (χ4n) is 3.88. The summed E-state index contributed by atoms with van der Waals surface area (Å²) in [5, 5.41) is 0. The molecule has 0 bridgehead atoms. The van der Waals surface area contributed by atoms with Gasteiger partial charge >= 0.3 is 0 Å². The highest BCUT2D eigenvalue weighted by Crippen LogP contribution is 2.30. The number of fused-ring (bicyclic) bond motifs is 1. The molecule has 2 aliphatic rings. The van der Waals surface area contributed by atoms with Gasteiger partial charge in [-0.2, -0.15) is 0 Å². The van der Waals surface area contributed by atoms with E-state index < -0.39 is 0 Å². The number of rotatable bonds is 3. The molecule has 1 aromatic rings. The molecule has 116 valence electrons. The molecule has 0 saturated carbocycles. The minimum atomic E-state index is 0.272. The Morgan fingerprint density at radius 3 is 3.00 bits per heavy atom. The van der Waals surface area contributed by atoms with Crippen molar-refractivity contribution in [1.29, 1.82) is 0 Å². The van der Waals surface area contributed by atoms with Crippen molar-refractivity contribution < 1.29 is 0 Å². The highest BCUT2D eigenvalue weighted by Gasteiger charge is 2.36. The monoisotopic (exact) mass is 352 g/mol. The van der Waals surface area contributed by atoms with Crippen molar-refractivity contribution >= 4 is 15.9 Å². The summed E-state index contributed by atoms with van der Waals surface area (Å²) in [4.78, 5) is 9.59. The maximum absolute atomic E-state index is 6.12. The molecule has 3 rings (SSSR count). The minimum Gasteiger partial charge on any atom is -0.329 e. The van der Waals surface area contributed by atoms with Gasteiger partial charge in [-0.05, 0) is 53.9 Å². The molecule has 0 spiro atoms. The second kappa shape index (κ2) is 6.73. The zero-order valence-electron chi connectivity index (χ0n) is 12.7. The number of nitrogens with two attached hydrogens (primary N) is 1. The number of pyridine rings is 1. The molecule has 3 atom stereocenters. The SMILES string of the molecule is CC1CN2CCCCC2CN1C(CN)c1cncc(Br)c1. The first kappa shape index (κ1) is 15.4. The lowest BCUT2D eigenvalue weighted by Crippen LogP contribution is -2.60. The average Bonchev–Trinajstić information content (AvgIpc) is 2.48. The van der Waals surface area contributed by atoms with Gasteiger partial charge in [0.05, 0.1) is 0 Å². The Morgan fingerprint density at radius 1 is 1.38 bits per heavy atom. The smallest absolute Gasteiger partial charge is 0.0490 e. The Labute approximate surface area is 135 Å². The molecule has 2 saturated heterocycles. The molecule has 4 nitrogen and oxygen atoms in total. The second-order valence-corrected chi connectivity index (χ2v) is 7.29. The summed E-state index contributed by atoms with van der Waals surface area (Å²) in [5.41, 5.74) is 7.34. The molecule has 0 amide bonds. The topological polar surface area (TPSA) is 45.4 Å². The van der Waals surface area contributed by atoms with Gasteiger partial charge in [0.15, 0.2) is 0 Å². The van der Waals surface area contributed by atoms with E-state index in [-0.39, 0.29) is 6.04 Å². The Balaban J connectivity index is 1.79. The van der Waals surface area contributed by atoms with Crippen molar-refractivity contribution in [3.05, 3.63) is 28.5 Å². The lowest BCUT2D eigenvalue weighted by atomic mass is 9.94. The van der Waals surface area contributed by atoms with Crippen molar-refractivity contribution in [1.82, 2.24) is 14.8 Å².